The van der Waals surface area contributed by atoms with Crippen molar-refractivity contribution in [2.75, 3.05) is 31.1 Å². The lowest BCUT2D eigenvalue weighted by Gasteiger charge is -2.33. The summed E-state index contributed by atoms with van der Waals surface area (Å²) in [5, 5.41) is 0. The van der Waals surface area contributed by atoms with Crippen molar-refractivity contribution in [3.63, 3.8) is 0 Å². The number of carbonyl (C=O) groups is 2. The minimum atomic E-state index is -0.0496. The van der Waals surface area contributed by atoms with Gasteiger partial charge < -0.3 is 9.80 Å². The summed E-state index contributed by atoms with van der Waals surface area (Å²) >= 11 is 0. The summed E-state index contributed by atoms with van der Waals surface area (Å²) in [6.07, 6.45) is 7.32. The molecule has 1 aliphatic heterocycles. The number of rotatable bonds is 5. The van der Waals surface area contributed by atoms with Crippen LogP contribution in [-0.4, -0.2) is 63.0 Å². The molecule has 2 heterocycles. The molecule has 43 heavy (non-hydrogen) atoms. The first-order valence-corrected chi connectivity index (χ1v) is 16.2. The van der Waals surface area contributed by atoms with Crippen molar-refractivity contribution in [2.24, 2.45) is 20.0 Å². The van der Waals surface area contributed by atoms with Crippen LogP contribution in [0.2, 0.25) is 0 Å². The van der Waals surface area contributed by atoms with E-state index in [0.717, 1.165) is 78.6 Å². The molecule has 2 amide bonds. The van der Waals surface area contributed by atoms with E-state index in [9.17, 15) is 14.4 Å². The molecule has 2 aliphatic rings. The Morgan fingerprint density at radius 1 is 0.884 bits per heavy atom. The lowest BCUT2D eigenvalue weighted by molar-refractivity contribution is -0.132. The molecular weight excluding hydrogens is 538 g/mol. The molecule has 8 heteroatoms. The highest BCUT2D eigenvalue weighted by Gasteiger charge is 2.30. The van der Waals surface area contributed by atoms with Crippen LogP contribution in [-0.2, 0) is 36.6 Å². The van der Waals surface area contributed by atoms with Crippen LogP contribution in [0.5, 0.6) is 0 Å². The van der Waals surface area contributed by atoms with E-state index in [-0.39, 0.29) is 23.4 Å². The van der Waals surface area contributed by atoms with Crippen molar-refractivity contribution in [3.8, 4) is 0 Å². The number of anilines is 1. The van der Waals surface area contributed by atoms with Crippen LogP contribution in [0, 0.1) is 12.8 Å². The van der Waals surface area contributed by atoms with Gasteiger partial charge in [0.15, 0.2) is 0 Å². The second-order valence-corrected chi connectivity index (χ2v) is 12.9. The maximum atomic E-state index is 14.1. The second kappa shape index (κ2) is 13.5. The monoisotopic (exact) mass is 587 g/mol. The summed E-state index contributed by atoms with van der Waals surface area (Å²) in [5.41, 5.74) is 5.92. The number of nitrogens with zero attached hydrogens (tertiary/aromatic N) is 5. The molecule has 0 saturated heterocycles. The largest absolute Gasteiger partial charge is 0.337 e. The average molecular weight is 588 g/mol. The Labute approximate surface area is 256 Å². The van der Waals surface area contributed by atoms with Gasteiger partial charge in [0.05, 0.1) is 16.7 Å². The SMILES string of the molecule is Cc1cccc2c1N(C(=O)C1CCCCC1)CCCN(C(C)C)CCN(C(=O)CCc1ccc3c(c1)n(C)c(=O)n3C)C2. The number of imidazole rings is 1. The van der Waals surface area contributed by atoms with Gasteiger partial charge in [-0.05, 0) is 75.3 Å². The van der Waals surface area contributed by atoms with Crippen LogP contribution in [0.4, 0.5) is 5.69 Å². The Hall–Kier alpha value is -3.39. The van der Waals surface area contributed by atoms with Crippen LogP contribution in [0.25, 0.3) is 11.0 Å². The summed E-state index contributed by atoms with van der Waals surface area (Å²) in [4.78, 5) is 46.9. The van der Waals surface area contributed by atoms with E-state index in [2.05, 4.69) is 48.8 Å². The van der Waals surface area contributed by atoms with Crippen molar-refractivity contribution in [2.45, 2.75) is 84.7 Å². The first-order chi connectivity index (χ1) is 20.7. The van der Waals surface area contributed by atoms with Crippen LogP contribution >= 0.6 is 0 Å². The van der Waals surface area contributed by atoms with Gasteiger partial charge in [-0.2, -0.15) is 0 Å². The van der Waals surface area contributed by atoms with Gasteiger partial charge in [-0.15, -0.1) is 0 Å². The van der Waals surface area contributed by atoms with E-state index in [4.69, 9.17) is 0 Å². The van der Waals surface area contributed by atoms with Gasteiger partial charge in [0.1, 0.15) is 0 Å². The van der Waals surface area contributed by atoms with E-state index in [1.165, 1.54) is 6.42 Å². The first-order valence-electron chi connectivity index (χ1n) is 16.2. The zero-order valence-electron chi connectivity index (χ0n) is 26.8. The van der Waals surface area contributed by atoms with E-state index in [0.29, 0.717) is 38.5 Å². The lowest BCUT2D eigenvalue weighted by atomic mass is 9.87. The molecule has 1 fully saturated rings. The third kappa shape index (κ3) is 6.74. The van der Waals surface area contributed by atoms with Crippen molar-refractivity contribution < 1.29 is 9.59 Å². The summed E-state index contributed by atoms with van der Waals surface area (Å²) in [7, 11) is 3.57. The number of fused-ring (bicyclic) bond motifs is 2. The second-order valence-electron chi connectivity index (χ2n) is 12.9. The van der Waals surface area contributed by atoms with Crippen LogP contribution in [0.3, 0.4) is 0 Å². The molecule has 1 aliphatic carbocycles. The van der Waals surface area contributed by atoms with Gasteiger partial charge in [0.25, 0.3) is 0 Å². The molecule has 0 N–H and O–H groups in total. The highest BCUT2D eigenvalue weighted by Crippen LogP contribution is 2.32. The first kappa shape index (κ1) is 31.0. The number of hydrogen-bond acceptors (Lipinski definition) is 4. The van der Waals surface area contributed by atoms with Crippen molar-refractivity contribution in [1.29, 1.82) is 0 Å². The molecule has 8 nitrogen and oxygen atoms in total. The van der Waals surface area contributed by atoms with Crippen LogP contribution in [0.1, 0.15) is 75.5 Å². The van der Waals surface area contributed by atoms with Gasteiger partial charge in [-0.3, -0.25) is 23.6 Å². The highest BCUT2D eigenvalue weighted by atomic mass is 16.2. The summed E-state index contributed by atoms with van der Waals surface area (Å²) in [6.45, 7) is 10.1. The minimum Gasteiger partial charge on any atom is -0.337 e. The normalized spacial score (nSPS) is 17.7. The van der Waals surface area contributed by atoms with Gasteiger partial charge in [0.2, 0.25) is 11.8 Å². The Morgan fingerprint density at radius 3 is 2.37 bits per heavy atom. The zero-order valence-corrected chi connectivity index (χ0v) is 26.8. The van der Waals surface area contributed by atoms with Gasteiger partial charge in [-0.25, -0.2) is 4.79 Å². The van der Waals surface area contributed by atoms with Crippen molar-refractivity contribution >= 4 is 28.5 Å². The van der Waals surface area contributed by atoms with Crippen LogP contribution in [0.15, 0.2) is 41.2 Å². The molecular formula is C35H49N5O3. The molecule has 0 spiro atoms. The molecule has 0 unspecified atom stereocenters. The predicted octanol–water partition coefficient (Wildman–Crippen LogP) is 5.17. The highest BCUT2D eigenvalue weighted by molar-refractivity contribution is 5.96. The lowest BCUT2D eigenvalue weighted by Crippen LogP contribution is -2.41. The number of benzene rings is 2. The molecule has 5 rings (SSSR count). The fourth-order valence-corrected chi connectivity index (χ4v) is 7.06. The average Bonchev–Trinajstić information content (AvgIpc) is 3.20. The Balaban J connectivity index is 1.42. The van der Waals surface area contributed by atoms with E-state index < -0.39 is 0 Å². The molecule has 0 radical (unpaired) electrons. The number of carbonyl (C=O) groups excluding carboxylic acids is 2. The van der Waals surface area contributed by atoms with E-state index >= 15 is 0 Å². The molecule has 232 valence electrons. The smallest absolute Gasteiger partial charge is 0.328 e. The van der Waals surface area contributed by atoms with Gasteiger partial charge in [-0.1, -0.05) is 43.5 Å². The molecule has 2 aromatic carbocycles. The summed E-state index contributed by atoms with van der Waals surface area (Å²) < 4.78 is 3.31. The third-order valence-corrected chi connectivity index (χ3v) is 9.70. The topological polar surface area (TPSA) is 70.8 Å². The summed E-state index contributed by atoms with van der Waals surface area (Å²) in [5.74, 6) is 0.462. The van der Waals surface area contributed by atoms with Gasteiger partial charge in [0, 0.05) is 65.2 Å². The number of amides is 2. The predicted molar refractivity (Wildman–Crippen MR) is 173 cm³/mol. The third-order valence-electron chi connectivity index (χ3n) is 9.70. The number of para-hydroxylation sites is 1. The molecule has 1 saturated carbocycles. The molecule has 1 aromatic heterocycles. The quantitative estimate of drug-likeness (QED) is 0.413. The fourth-order valence-electron chi connectivity index (χ4n) is 7.06. The van der Waals surface area contributed by atoms with E-state index in [1.54, 1.807) is 23.2 Å². The Morgan fingerprint density at radius 2 is 1.63 bits per heavy atom. The zero-order chi connectivity index (χ0) is 30.7. The minimum absolute atomic E-state index is 0.0496. The fraction of sp³-hybridized carbons (Fsp3) is 0.571. The Bertz CT molecular complexity index is 1510. The molecule has 0 bridgehead atoms. The Kier molecular flexibility index (Phi) is 9.75. The maximum Gasteiger partial charge on any atom is 0.328 e. The number of aryl methyl sites for hydroxylation is 4. The molecule has 3 aromatic rings. The molecule has 0 atom stereocenters. The number of hydrogen-bond donors (Lipinski definition) is 0. The maximum absolute atomic E-state index is 14.1. The number of aromatic nitrogens is 2. The standard InChI is InChI=1S/C35H49N5O3/c1-25(2)38-19-10-20-40(34(42)28-12-7-6-8-13-28)33-26(3)11-9-14-29(33)24-39(22-21-38)32(41)18-16-27-15-17-30-31(23-27)37(5)35(43)36(30)4/h9,11,14-15,17,23,25,28H,6-8,10,12-13,16,18-22,24H2,1-5H3. The van der Waals surface area contributed by atoms with Crippen LogP contribution < -0.4 is 10.6 Å². The van der Waals surface area contributed by atoms with Crippen molar-refractivity contribution in [3.05, 3.63) is 63.6 Å². The van der Waals surface area contributed by atoms with Crippen molar-refractivity contribution in [1.82, 2.24) is 18.9 Å². The van der Waals surface area contributed by atoms with E-state index in [1.807, 2.05) is 23.1 Å². The summed E-state index contributed by atoms with van der Waals surface area (Å²) in [6, 6.07) is 12.6. The van der Waals surface area contributed by atoms with Gasteiger partial charge >= 0.3 is 5.69 Å².